The molecule has 0 aromatic heterocycles. The molecule has 0 amide bonds. The summed E-state index contributed by atoms with van der Waals surface area (Å²) in [6.45, 7) is 6.42. The van der Waals surface area contributed by atoms with Gasteiger partial charge in [0, 0.05) is 6.42 Å². The molecule has 0 N–H and O–H groups in total. The van der Waals surface area contributed by atoms with Crippen molar-refractivity contribution in [2.75, 3.05) is 0 Å². The zero-order valence-electron chi connectivity index (χ0n) is 10.8. The maximum absolute atomic E-state index is 10.8. The van der Waals surface area contributed by atoms with E-state index in [-0.39, 0.29) is 12.0 Å². The minimum absolute atomic E-state index is 0.149. The van der Waals surface area contributed by atoms with Gasteiger partial charge in [-0.3, -0.25) is 0 Å². The summed E-state index contributed by atoms with van der Waals surface area (Å²) < 4.78 is 0. The molecule has 0 radical (unpaired) electrons. The van der Waals surface area contributed by atoms with Crippen LogP contribution in [0.5, 0.6) is 0 Å². The maximum atomic E-state index is 10.8. The summed E-state index contributed by atoms with van der Waals surface area (Å²) in [5.74, 6) is 0.810. The minimum Gasteiger partial charge on any atom is -0.198 e. The number of nitrogens with zero attached hydrogens (tertiary/aromatic N) is 2. The molecular weight excluding hydrogens is 200 g/mol. The second kappa shape index (κ2) is 9.33. The van der Waals surface area contributed by atoms with E-state index in [0.717, 1.165) is 19.3 Å². The van der Waals surface area contributed by atoms with Gasteiger partial charge in [0.25, 0.3) is 0 Å². The molecule has 0 aliphatic carbocycles. The molecule has 0 heterocycles. The molecule has 3 heteroatoms. The Morgan fingerprint density at radius 2 is 1.94 bits per heavy atom. The summed E-state index contributed by atoms with van der Waals surface area (Å²) in [5, 5.41) is 11.9. The van der Waals surface area contributed by atoms with Gasteiger partial charge in [-0.15, -0.1) is 0 Å². The fourth-order valence-corrected chi connectivity index (χ4v) is 2.14. The molecule has 0 rings (SSSR count). The summed E-state index contributed by atoms with van der Waals surface area (Å²) in [4.78, 5) is 10.8. The van der Waals surface area contributed by atoms with E-state index in [4.69, 9.17) is 5.26 Å². The van der Waals surface area contributed by atoms with Gasteiger partial charge in [-0.1, -0.05) is 45.2 Å². The normalized spacial score (nSPS) is 16.1. The molecule has 0 bridgehead atoms. The van der Waals surface area contributed by atoms with Crippen molar-refractivity contribution in [2.24, 2.45) is 17.0 Å². The van der Waals surface area contributed by atoms with E-state index in [1.807, 2.05) is 6.92 Å². The first kappa shape index (κ1) is 15.1. The van der Waals surface area contributed by atoms with E-state index >= 15 is 0 Å². The topological polar surface area (TPSA) is 53.2 Å². The molecule has 3 unspecified atom stereocenters. The Hall–Kier alpha value is -0.910. The van der Waals surface area contributed by atoms with Gasteiger partial charge in [0.1, 0.15) is 0 Å². The minimum atomic E-state index is -0.163. The van der Waals surface area contributed by atoms with E-state index < -0.39 is 0 Å². The molecule has 0 saturated carbocycles. The standard InChI is InChI=1S/C13H24N2O/c1-4-6-11(3)7-8-13(15-16)12(5-2)9-10-14/h11-13H,4-9H2,1-3H3. The van der Waals surface area contributed by atoms with Crippen LogP contribution < -0.4 is 0 Å². The molecule has 0 aliphatic rings. The maximum Gasteiger partial charge on any atom is 0.0957 e. The molecule has 0 aromatic rings. The van der Waals surface area contributed by atoms with Gasteiger partial charge in [0.15, 0.2) is 0 Å². The van der Waals surface area contributed by atoms with Crippen LogP contribution in [0.25, 0.3) is 0 Å². The van der Waals surface area contributed by atoms with E-state index in [9.17, 15) is 4.91 Å². The van der Waals surface area contributed by atoms with Crippen molar-refractivity contribution >= 4 is 0 Å². The smallest absolute Gasteiger partial charge is 0.0957 e. The monoisotopic (exact) mass is 224 g/mol. The Bertz CT molecular complexity index is 222. The van der Waals surface area contributed by atoms with Crippen LogP contribution in [-0.2, 0) is 0 Å². The Kier molecular flexibility index (Phi) is 8.80. The Morgan fingerprint density at radius 3 is 2.38 bits per heavy atom. The van der Waals surface area contributed by atoms with Gasteiger partial charge in [-0.25, -0.2) is 0 Å². The van der Waals surface area contributed by atoms with Crippen LogP contribution in [0.3, 0.4) is 0 Å². The van der Waals surface area contributed by atoms with Crippen LogP contribution in [0.2, 0.25) is 0 Å². The lowest BCUT2D eigenvalue weighted by Gasteiger charge is -2.19. The van der Waals surface area contributed by atoms with E-state index in [0.29, 0.717) is 12.3 Å². The molecule has 92 valence electrons. The average Bonchev–Trinajstić information content (AvgIpc) is 2.28. The van der Waals surface area contributed by atoms with Gasteiger partial charge in [-0.05, 0) is 24.7 Å². The highest BCUT2D eigenvalue weighted by Crippen LogP contribution is 2.23. The first-order valence-electron chi connectivity index (χ1n) is 6.38. The number of hydrogen-bond donors (Lipinski definition) is 0. The highest BCUT2D eigenvalue weighted by Gasteiger charge is 2.21. The number of nitriles is 1. The van der Waals surface area contributed by atoms with Crippen molar-refractivity contribution in [3.05, 3.63) is 4.91 Å². The molecule has 0 aliphatic heterocycles. The fourth-order valence-electron chi connectivity index (χ4n) is 2.14. The van der Waals surface area contributed by atoms with Crippen molar-refractivity contribution in [1.29, 1.82) is 5.26 Å². The zero-order valence-corrected chi connectivity index (χ0v) is 10.8. The molecular formula is C13H24N2O. The summed E-state index contributed by atoms with van der Waals surface area (Å²) in [6, 6.07) is 1.98. The third-order valence-corrected chi connectivity index (χ3v) is 3.29. The quantitative estimate of drug-likeness (QED) is 0.549. The SMILES string of the molecule is CCCC(C)CCC(N=O)C(CC)CC#N. The molecule has 16 heavy (non-hydrogen) atoms. The zero-order chi connectivity index (χ0) is 12.4. The van der Waals surface area contributed by atoms with Crippen molar-refractivity contribution < 1.29 is 0 Å². The number of rotatable bonds is 9. The van der Waals surface area contributed by atoms with Gasteiger partial charge in [0.2, 0.25) is 0 Å². The van der Waals surface area contributed by atoms with Crippen molar-refractivity contribution in [2.45, 2.75) is 65.3 Å². The first-order chi connectivity index (χ1) is 7.69. The second-order valence-corrected chi connectivity index (χ2v) is 4.67. The van der Waals surface area contributed by atoms with Crippen molar-refractivity contribution in [3.8, 4) is 6.07 Å². The van der Waals surface area contributed by atoms with Gasteiger partial charge >= 0.3 is 0 Å². The molecule has 0 spiro atoms. The van der Waals surface area contributed by atoms with Crippen molar-refractivity contribution in [3.63, 3.8) is 0 Å². The molecule has 0 fully saturated rings. The van der Waals surface area contributed by atoms with Crippen LogP contribution in [0.15, 0.2) is 5.18 Å². The second-order valence-electron chi connectivity index (χ2n) is 4.67. The predicted octanol–water partition coefficient (Wildman–Crippen LogP) is 4.28. The number of nitroso groups, excluding NO2 is 1. The lowest BCUT2D eigenvalue weighted by molar-refractivity contribution is 0.354. The fraction of sp³-hybridized carbons (Fsp3) is 0.923. The highest BCUT2D eigenvalue weighted by atomic mass is 16.3. The highest BCUT2D eigenvalue weighted by molar-refractivity contribution is 4.83. The third-order valence-electron chi connectivity index (χ3n) is 3.29. The van der Waals surface area contributed by atoms with Crippen LogP contribution in [0, 0.1) is 28.1 Å². The summed E-state index contributed by atoms with van der Waals surface area (Å²) >= 11 is 0. The third kappa shape index (κ3) is 5.85. The predicted molar refractivity (Wildman–Crippen MR) is 66.9 cm³/mol. The average molecular weight is 224 g/mol. The first-order valence-corrected chi connectivity index (χ1v) is 6.38. The largest absolute Gasteiger partial charge is 0.198 e. The van der Waals surface area contributed by atoms with E-state index in [1.165, 1.54) is 12.8 Å². The van der Waals surface area contributed by atoms with Crippen molar-refractivity contribution in [1.82, 2.24) is 0 Å². The lowest BCUT2D eigenvalue weighted by atomic mass is 9.88. The van der Waals surface area contributed by atoms with Gasteiger partial charge in [0.05, 0.1) is 12.1 Å². The lowest BCUT2D eigenvalue weighted by Crippen LogP contribution is -2.18. The van der Waals surface area contributed by atoms with Gasteiger partial charge < -0.3 is 0 Å². The number of hydrogen-bond acceptors (Lipinski definition) is 3. The summed E-state index contributed by atoms with van der Waals surface area (Å²) in [7, 11) is 0. The van der Waals surface area contributed by atoms with E-state index in [1.54, 1.807) is 0 Å². The summed E-state index contributed by atoms with van der Waals surface area (Å²) in [6.07, 6.45) is 5.61. The van der Waals surface area contributed by atoms with Crippen LogP contribution in [0.4, 0.5) is 0 Å². The molecule has 0 aromatic carbocycles. The Balaban J connectivity index is 4.07. The molecule has 3 atom stereocenters. The Labute approximate surface area is 99.2 Å². The molecule has 3 nitrogen and oxygen atoms in total. The van der Waals surface area contributed by atoms with E-state index in [2.05, 4.69) is 25.1 Å². The Morgan fingerprint density at radius 1 is 1.25 bits per heavy atom. The van der Waals surface area contributed by atoms with Crippen LogP contribution >= 0.6 is 0 Å². The van der Waals surface area contributed by atoms with Crippen LogP contribution in [-0.4, -0.2) is 6.04 Å². The van der Waals surface area contributed by atoms with Gasteiger partial charge in [-0.2, -0.15) is 10.2 Å². The van der Waals surface area contributed by atoms with Crippen LogP contribution in [0.1, 0.15) is 59.3 Å². The summed E-state index contributed by atoms with van der Waals surface area (Å²) in [5.41, 5.74) is 0. The molecule has 0 saturated heterocycles.